The van der Waals surface area contributed by atoms with Gasteiger partial charge >= 0.3 is 0 Å². The van der Waals surface area contributed by atoms with Gasteiger partial charge in [0, 0.05) is 12.2 Å². The quantitative estimate of drug-likeness (QED) is 0.796. The molecule has 0 radical (unpaired) electrons. The highest BCUT2D eigenvalue weighted by Gasteiger charge is 2.13. The lowest BCUT2D eigenvalue weighted by Crippen LogP contribution is -2.17. The molecule has 1 aromatic heterocycles. The summed E-state index contributed by atoms with van der Waals surface area (Å²) in [6, 6.07) is 15.8. The van der Waals surface area contributed by atoms with E-state index in [1.165, 1.54) is 0 Å². The molecule has 0 aliphatic heterocycles. The summed E-state index contributed by atoms with van der Waals surface area (Å²) in [6.45, 7) is 4.53. The maximum Gasteiger partial charge on any atom is 0.273 e. The van der Waals surface area contributed by atoms with E-state index in [9.17, 15) is 4.79 Å². The summed E-state index contributed by atoms with van der Waals surface area (Å²) in [5.41, 5.74) is 2.23. The Morgan fingerprint density at radius 3 is 2.67 bits per heavy atom. The fourth-order valence-corrected chi connectivity index (χ4v) is 2.43. The molecule has 1 amide bonds. The number of rotatable bonds is 3. The highest BCUT2D eigenvalue weighted by molar-refractivity contribution is 6.04. The lowest BCUT2D eigenvalue weighted by atomic mass is 10.1. The third-order valence-corrected chi connectivity index (χ3v) is 3.44. The zero-order valence-corrected chi connectivity index (χ0v) is 12.1. The molecule has 1 N–H and O–H groups in total. The fraction of sp³-hybridized carbons (Fsp3) is 0.176. The zero-order chi connectivity index (χ0) is 14.8. The van der Waals surface area contributed by atoms with Gasteiger partial charge in [0.15, 0.2) is 0 Å². The number of hydrogen-bond donors (Lipinski definition) is 1. The van der Waals surface area contributed by atoms with Gasteiger partial charge in [-0.2, -0.15) is 5.10 Å². The van der Waals surface area contributed by atoms with E-state index in [4.69, 9.17) is 0 Å². The fourth-order valence-electron chi connectivity index (χ4n) is 2.43. The maximum atomic E-state index is 12.4. The van der Waals surface area contributed by atoms with E-state index in [0.29, 0.717) is 12.2 Å². The number of carbonyl (C=O) groups is 1. The van der Waals surface area contributed by atoms with Crippen molar-refractivity contribution in [3.8, 4) is 0 Å². The van der Waals surface area contributed by atoms with Gasteiger partial charge in [0.2, 0.25) is 0 Å². The van der Waals surface area contributed by atoms with Crippen LogP contribution in [0, 0.1) is 6.92 Å². The van der Waals surface area contributed by atoms with Crippen LogP contribution in [0.25, 0.3) is 10.8 Å². The van der Waals surface area contributed by atoms with Crippen molar-refractivity contribution in [1.29, 1.82) is 0 Å². The monoisotopic (exact) mass is 279 g/mol. The second kappa shape index (κ2) is 5.40. The average molecular weight is 279 g/mol. The Morgan fingerprint density at radius 2 is 1.90 bits per heavy atom. The normalized spacial score (nSPS) is 10.8. The molecule has 106 valence electrons. The van der Waals surface area contributed by atoms with E-state index >= 15 is 0 Å². The Morgan fingerprint density at radius 1 is 1.14 bits per heavy atom. The summed E-state index contributed by atoms with van der Waals surface area (Å²) in [6.07, 6.45) is 0. The van der Waals surface area contributed by atoms with Crippen LogP contribution in [0.5, 0.6) is 0 Å². The van der Waals surface area contributed by atoms with Gasteiger partial charge in [-0.3, -0.25) is 9.48 Å². The summed E-state index contributed by atoms with van der Waals surface area (Å²) in [5.74, 6) is -0.132. The van der Waals surface area contributed by atoms with Gasteiger partial charge in [0.25, 0.3) is 5.91 Å². The van der Waals surface area contributed by atoms with E-state index in [2.05, 4.69) is 16.5 Å². The second-order valence-corrected chi connectivity index (χ2v) is 5.00. The maximum absolute atomic E-state index is 12.4. The predicted molar refractivity (Wildman–Crippen MR) is 84.5 cm³/mol. The number of fused-ring (bicyclic) bond motifs is 1. The van der Waals surface area contributed by atoms with Gasteiger partial charge in [0.1, 0.15) is 5.69 Å². The number of amides is 1. The summed E-state index contributed by atoms with van der Waals surface area (Å²) < 4.78 is 1.71. The Bertz CT molecular complexity index is 805. The number of aromatic nitrogens is 2. The number of anilines is 1. The number of nitrogens with zero attached hydrogens (tertiary/aromatic N) is 2. The minimum Gasteiger partial charge on any atom is -0.321 e. The summed E-state index contributed by atoms with van der Waals surface area (Å²) in [7, 11) is 0. The van der Waals surface area contributed by atoms with Crippen molar-refractivity contribution < 1.29 is 4.79 Å². The van der Waals surface area contributed by atoms with Crippen LogP contribution >= 0.6 is 0 Å². The Kier molecular flexibility index (Phi) is 3.44. The predicted octanol–water partition coefficient (Wildman–Crippen LogP) is 3.62. The molecule has 0 unspecified atom stereocenters. The van der Waals surface area contributed by atoms with E-state index in [0.717, 1.165) is 22.2 Å². The van der Waals surface area contributed by atoms with Crippen molar-refractivity contribution in [1.82, 2.24) is 9.78 Å². The third-order valence-electron chi connectivity index (χ3n) is 3.44. The third kappa shape index (κ3) is 2.65. The van der Waals surface area contributed by atoms with Gasteiger partial charge in [-0.25, -0.2) is 0 Å². The van der Waals surface area contributed by atoms with Crippen molar-refractivity contribution in [2.24, 2.45) is 0 Å². The summed E-state index contributed by atoms with van der Waals surface area (Å²) in [5, 5.41) is 9.50. The van der Waals surface area contributed by atoms with Crippen molar-refractivity contribution in [3.05, 3.63) is 59.9 Å². The van der Waals surface area contributed by atoms with Crippen LogP contribution in [-0.2, 0) is 6.54 Å². The molecule has 0 bridgehead atoms. The lowest BCUT2D eigenvalue weighted by Gasteiger charge is -2.07. The zero-order valence-electron chi connectivity index (χ0n) is 12.1. The standard InChI is InChI=1S/C17H17N3O/c1-3-20-16(10-12(2)19-20)17(21)18-15-9-8-13-6-4-5-7-14(13)11-15/h4-11H,3H2,1-2H3,(H,18,21). The van der Waals surface area contributed by atoms with Crippen molar-refractivity contribution in [2.45, 2.75) is 20.4 Å². The van der Waals surface area contributed by atoms with Gasteiger partial charge in [-0.05, 0) is 42.8 Å². The van der Waals surface area contributed by atoms with Gasteiger partial charge in [0.05, 0.1) is 5.69 Å². The number of aryl methyl sites for hydroxylation is 2. The molecule has 4 nitrogen and oxygen atoms in total. The smallest absolute Gasteiger partial charge is 0.273 e. The van der Waals surface area contributed by atoms with Crippen LogP contribution in [0.4, 0.5) is 5.69 Å². The van der Waals surface area contributed by atoms with E-state index in [-0.39, 0.29) is 5.91 Å². The summed E-state index contributed by atoms with van der Waals surface area (Å²) in [4.78, 5) is 12.4. The first kappa shape index (κ1) is 13.4. The van der Waals surface area contributed by atoms with Crippen LogP contribution in [0.2, 0.25) is 0 Å². The van der Waals surface area contributed by atoms with E-state index in [1.54, 1.807) is 10.7 Å². The molecular formula is C17H17N3O. The molecule has 0 fully saturated rings. The first-order valence-corrected chi connectivity index (χ1v) is 7.02. The molecule has 0 aliphatic rings. The van der Waals surface area contributed by atoms with Crippen LogP contribution in [0.15, 0.2) is 48.5 Å². The largest absolute Gasteiger partial charge is 0.321 e. The number of hydrogen-bond acceptors (Lipinski definition) is 2. The molecule has 0 saturated heterocycles. The van der Waals surface area contributed by atoms with E-state index < -0.39 is 0 Å². The number of carbonyl (C=O) groups excluding carboxylic acids is 1. The molecule has 0 atom stereocenters. The van der Waals surface area contributed by atoms with Crippen LogP contribution in [0.3, 0.4) is 0 Å². The minimum absolute atomic E-state index is 0.132. The van der Waals surface area contributed by atoms with Gasteiger partial charge < -0.3 is 5.32 Å². The van der Waals surface area contributed by atoms with Crippen LogP contribution < -0.4 is 5.32 Å². The van der Waals surface area contributed by atoms with Crippen molar-refractivity contribution in [3.63, 3.8) is 0 Å². The lowest BCUT2D eigenvalue weighted by molar-refractivity contribution is 0.101. The number of benzene rings is 2. The van der Waals surface area contributed by atoms with E-state index in [1.807, 2.05) is 50.2 Å². The van der Waals surface area contributed by atoms with Gasteiger partial charge in [-0.15, -0.1) is 0 Å². The summed E-state index contributed by atoms with van der Waals surface area (Å²) >= 11 is 0. The molecule has 21 heavy (non-hydrogen) atoms. The molecule has 4 heteroatoms. The second-order valence-electron chi connectivity index (χ2n) is 5.00. The highest BCUT2D eigenvalue weighted by Crippen LogP contribution is 2.19. The molecule has 3 rings (SSSR count). The molecule has 0 spiro atoms. The van der Waals surface area contributed by atoms with Crippen molar-refractivity contribution >= 4 is 22.4 Å². The molecule has 0 saturated carbocycles. The molecule has 1 heterocycles. The highest BCUT2D eigenvalue weighted by atomic mass is 16.2. The minimum atomic E-state index is -0.132. The SMILES string of the molecule is CCn1nc(C)cc1C(=O)Nc1ccc2ccccc2c1. The molecule has 2 aromatic carbocycles. The first-order valence-electron chi connectivity index (χ1n) is 7.02. The molecular weight excluding hydrogens is 262 g/mol. The van der Waals surface area contributed by atoms with Gasteiger partial charge in [-0.1, -0.05) is 30.3 Å². The molecule has 0 aliphatic carbocycles. The topological polar surface area (TPSA) is 46.9 Å². The first-order chi connectivity index (χ1) is 10.2. The van der Waals surface area contributed by atoms with Crippen molar-refractivity contribution in [2.75, 3.05) is 5.32 Å². The Hall–Kier alpha value is -2.62. The number of nitrogens with one attached hydrogen (secondary N) is 1. The Balaban J connectivity index is 1.88. The van der Waals surface area contributed by atoms with Crippen LogP contribution in [0.1, 0.15) is 23.1 Å². The van der Waals surface area contributed by atoms with Crippen LogP contribution in [-0.4, -0.2) is 15.7 Å². The Labute approximate surface area is 123 Å². The average Bonchev–Trinajstić information content (AvgIpc) is 2.88. The molecule has 3 aromatic rings.